The number of rotatable bonds is 2. The van der Waals surface area contributed by atoms with Crippen molar-refractivity contribution in [3.05, 3.63) is 41.8 Å². The maximum atomic E-state index is 12.6. The fourth-order valence-electron chi connectivity index (χ4n) is 1.18. The van der Waals surface area contributed by atoms with Crippen molar-refractivity contribution in [2.75, 3.05) is 11.1 Å². The van der Waals surface area contributed by atoms with E-state index in [1.54, 1.807) is 0 Å². The molecule has 1 amide bonds. The Morgan fingerprint density at radius 1 is 1.38 bits per heavy atom. The number of hydrogen-bond acceptors (Lipinski definition) is 3. The number of aromatic amines is 1. The van der Waals surface area contributed by atoms with Crippen LogP contribution in [0.1, 0.15) is 10.4 Å². The number of nitrogens with one attached hydrogen (secondary N) is 2. The standard InChI is InChI=1S/C10H9FN4O/c11-7-3-1-6(2-4-7)10(16)14-9-8(12)5-13-15-9/h1-5H,12H2,(H2,13,14,15,16). The van der Waals surface area contributed by atoms with E-state index in [2.05, 4.69) is 15.5 Å². The second-order valence-corrected chi connectivity index (χ2v) is 3.16. The van der Waals surface area contributed by atoms with Gasteiger partial charge in [-0.2, -0.15) is 5.10 Å². The minimum Gasteiger partial charge on any atom is -0.394 e. The molecule has 82 valence electrons. The first-order valence-corrected chi connectivity index (χ1v) is 4.52. The third-order valence-corrected chi connectivity index (χ3v) is 2.01. The van der Waals surface area contributed by atoms with Gasteiger partial charge in [-0.25, -0.2) is 4.39 Å². The molecule has 0 aliphatic rings. The summed E-state index contributed by atoms with van der Waals surface area (Å²) in [5.41, 5.74) is 6.21. The normalized spacial score (nSPS) is 10.1. The number of halogens is 1. The lowest BCUT2D eigenvalue weighted by Gasteiger charge is -2.03. The van der Waals surface area contributed by atoms with E-state index < -0.39 is 5.82 Å². The van der Waals surface area contributed by atoms with Gasteiger partial charge in [0.05, 0.1) is 11.9 Å². The maximum Gasteiger partial charge on any atom is 0.256 e. The summed E-state index contributed by atoms with van der Waals surface area (Å²) in [7, 11) is 0. The predicted octanol–water partition coefficient (Wildman–Crippen LogP) is 1.38. The van der Waals surface area contributed by atoms with Gasteiger partial charge in [0.2, 0.25) is 0 Å². The number of hydrogen-bond donors (Lipinski definition) is 3. The van der Waals surface area contributed by atoms with Crippen LogP contribution in [0.2, 0.25) is 0 Å². The van der Waals surface area contributed by atoms with Crippen LogP contribution in [-0.2, 0) is 0 Å². The number of carbonyl (C=O) groups excluding carboxylic acids is 1. The summed E-state index contributed by atoms with van der Waals surface area (Å²) in [6, 6.07) is 5.20. The number of anilines is 2. The van der Waals surface area contributed by atoms with E-state index in [-0.39, 0.29) is 5.91 Å². The molecule has 0 saturated carbocycles. The summed E-state index contributed by atoms with van der Waals surface area (Å²) >= 11 is 0. The van der Waals surface area contributed by atoms with E-state index in [1.165, 1.54) is 30.5 Å². The molecule has 6 heteroatoms. The molecule has 2 rings (SSSR count). The van der Waals surface area contributed by atoms with Gasteiger partial charge in [0.25, 0.3) is 5.91 Å². The Morgan fingerprint density at radius 3 is 2.62 bits per heavy atom. The first-order chi connectivity index (χ1) is 7.66. The van der Waals surface area contributed by atoms with Gasteiger partial charge in [-0.15, -0.1) is 0 Å². The highest BCUT2D eigenvalue weighted by atomic mass is 19.1. The third-order valence-electron chi connectivity index (χ3n) is 2.01. The maximum absolute atomic E-state index is 12.6. The lowest BCUT2D eigenvalue weighted by Crippen LogP contribution is -2.13. The molecule has 16 heavy (non-hydrogen) atoms. The first kappa shape index (κ1) is 10.2. The Bertz CT molecular complexity index is 506. The van der Waals surface area contributed by atoms with E-state index >= 15 is 0 Å². The molecule has 0 radical (unpaired) electrons. The quantitative estimate of drug-likeness (QED) is 0.714. The Morgan fingerprint density at radius 2 is 2.06 bits per heavy atom. The van der Waals surface area contributed by atoms with Gasteiger partial charge in [0.1, 0.15) is 5.82 Å². The molecule has 0 aliphatic carbocycles. The van der Waals surface area contributed by atoms with Crippen molar-refractivity contribution >= 4 is 17.4 Å². The van der Waals surface area contributed by atoms with Gasteiger partial charge in [0.15, 0.2) is 5.82 Å². The average molecular weight is 220 g/mol. The summed E-state index contributed by atoms with van der Waals surface area (Å²) in [6.07, 6.45) is 1.39. The lowest BCUT2D eigenvalue weighted by molar-refractivity contribution is 0.102. The van der Waals surface area contributed by atoms with Crippen LogP contribution in [0.3, 0.4) is 0 Å². The average Bonchev–Trinajstić information content (AvgIpc) is 2.65. The zero-order chi connectivity index (χ0) is 11.5. The highest BCUT2D eigenvalue weighted by Gasteiger charge is 2.08. The molecule has 1 heterocycles. The first-order valence-electron chi connectivity index (χ1n) is 4.52. The smallest absolute Gasteiger partial charge is 0.256 e. The van der Waals surface area contributed by atoms with Gasteiger partial charge in [-0.3, -0.25) is 9.89 Å². The molecule has 0 aliphatic heterocycles. The van der Waals surface area contributed by atoms with Crippen LogP contribution in [0.15, 0.2) is 30.5 Å². The number of H-pyrrole nitrogens is 1. The molecule has 0 saturated heterocycles. The largest absolute Gasteiger partial charge is 0.394 e. The zero-order valence-electron chi connectivity index (χ0n) is 8.20. The molecule has 1 aromatic heterocycles. The SMILES string of the molecule is Nc1cn[nH]c1NC(=O)c1ccc(F)cc1. The van der Waals surface area contributed by atoms with Crippen molar-refractivity contribution in [2.24, 2.45) is 0 Å². The number of nitrogens with two attached hydrogens (primary N) is 1. The van der Waals surface area contributed by atoms with Crippen molar-refractivity contribution in [1.29, 1.82) is 0 Å². The van der Waals surface area contributed by atoms with Crippen molar-refractivity contribution < 1.29 is 9.18 Å². The molecular weight excluding hydrogens is 211 g/mol. The fourth-order valence-corrected chi connectivity index (χ4v) is 1.18. The molecule has 0 spiro atoms. The van der Waals surface area contributed by atoms with Gasteiger partial charge < -0.3 is 11.1 Å². The van der Waals surface area contributed by atoms with Gasteiger partial charge in [0, 0.05) is 5.56 Å². The number of nitrogen functional groups attached to an aromatic ring is 1. The fraction of sp³-hybridized carbons (Fsp3) is 0. The lowest BCUT2D eigenvalue weighted by atomic mass is 10.2. The highest BCUT2D eigenvalue weighted by Crippen LogP contribution is 2.14. The minimum atomic E-state index is -0.391. The molecule has 0 fully saturated rings. The van der Waals surface area contributed by atoms with Crippen LogP contribution in [0.5, 0.6) is 0 Å². The second-order valence-electron chi connectivity index (χ2n) is 3.16. The number of amides is 1. The van der Waals surface area contributed by atoms with E-state index in [4.69, 9.17) is 5.73 Å². The molecule has 0 unspecified atom stereocenters. The molecule has 5 nitrogen and oxygen atoms in total. The molecule has 1 aromatic carbocycles. The Kier molecular flexibility index (Phi) is 2.55. The van der Waals surface area contributed by atoms with Crippen LogP contribution in [0.4, 0.5) is 15.9 Å². The predicted molar refractivity (Wildman–Crippen MR) is 57.4 cm³/mol. The molecule has 4 N–H and O–H groups in total. The highest BCUT2D eigenvalue weighted by molar-refractivity contribution is 6.04. The molecule has 0 bridgehead atoms. The topological polar surface area (TPSA) is 83.8 Å². The minimum absolute atomic E-state index is 0.328. The third kappa shape index (κ3) is 2.00. The molecule has 0 atom stereocenters. The van der Waals surface area contributed by atoms with E-state index in [9.17, 15) is 9.18 Å². The van der Waals surface area contributed by atoms with Crippen molar-refractivity contribution in [2.45, 2.75) is 0 Å². The van der Waals surface area contributed by atoms with E-state index in [1.807, 2.05) is 0 Å². The van der Waals surface area contributed by atoms with Crippen LogP contribution < -0.4 is 11.1 Å². The zero-order valence-corrected chi connectivity index (χ0v) is 8.20. The summed E-state index contributed by atoms with van der Waals surface area (Å²) in [5.74, 6) is -0.442. The summed E-state index contributed by atoms with van der Waals surface area (Å²) < 4.78 is 12.6. The van der Waals surface area contributed by atoms with Crippen LogP contribution in [0, 0.1) is 5.82 Å². The van der Waals surface area contributed by atoms with Crippen molar-refractivity contribution in [1.82, 2.24) is 10.2 Å². The number of aromatic nitrogens is 2. The van der Waals surface area contributed by atoms with Crippen molar-refractivity contribution in [3.63, 3.8) is 0 Å². The van der Waals surface area contributed by atoms with Gasteiger partial charge >= 0.3 is 0 Å². The Balaban J connectivity index is 2.15. The van der Waals surface area contributed by atoms with Crippen molar-refractivity contribution in [3.8, 4) is 0 Å². The van der Waals surface area contributed by atoms with E-state index in [0.29, 0.717) is 17.1 Å². The molecule has 2 aromatic rings. The van der Waals surface area contributed by atoms with E-state index in [0.717, 1.165) is 0 Å². The van der Waals surface area contributed by atoms with Crippen LogP contribution >= 0.6 is 0 Å². The summed E-state index contributed by atoms with van der Waals surface area (Å²) in [5, 5.41) is 8.72. The summed E-state index contributed by atoms with van der Waals surface area (Å²) in [4.78, 5) is 11.6. The second kappa shape index (κ2) is 4.01. The summed E-state index contributed by atoms with van der Waals surface area (Å²) in [6.45, 7) is 0. The van der Waals surface area contributed by atoms with Crippen LogP contribution in [0.25, 0.3) is 0 Å². The number of nitrogens with zero attached hydrogens (tertiary/aromatic N) is 1. The van der Waals surface area contributed by atoms with Gasteiger partial charge in [-0.1, -0.05) is 0 Å². The number of benzene rings is 1. The monoisotopic (exact) mass is 220 g/mol. The Hall–Kier alpha value is -2.37. The van der Waals surface area contributed by atoms with Crippen LogP contribution in [-0.4, -0.2) is 16.1 Å². The Labute approximate surface area is 90.5 Å². The van der Waals surface area contributed by atoms with Gasteiger partial charge in [-0.05, 0) is 24.3 Å². The number of carbonyl (C=O) groups is 1. The molecular formula is C10H9FN4O.